The predicted octanol–water partition coefficient (Wildman–Crippen LogP) is 3.80. The second-order valence-electron chi connectivity index (χ2n) is 7.09. The number of hydrogen-bond donors (Lipinski definition) is 0. The van der Waals surface area contributed by atoms with Crippen molar-refractivity contribution in [3.8, 4) is 0 Å². The molecule has 0 aliphatic carbocycles. The lowest BCUT2D eigenvalue weighted by atomic mass is 10.1. The van der Waals surface area contributed by atoms with Crippen LogP contribution in [0, 0.1) is 11.6 Å². The third kappa shape index (κ3) is 4.12. The van der Waals surface area contributed by atoms with Crippen LogP contribution in [-0.2, 0) is 4.74 Å². The van der Waals surface area contributed by atoms with E-state index in [-0.39, 0.29) is 18.2 Å². The van der Waals surface area contributed by atoms with Gasteiger partial charge in [-0.1, -0.05) is 0 Å². The summed E-state index contributed by atoms with van der Waals surface area (Å²) in [5.74, 6) is -1.72. The Morgan fingerprint density at radius 1 is 1.13 bits per heavy atom. The van der Waals surface area contributed by atoms with Gasteiger partial charge in [-0.05, 0) is 46.8 Å². The zero-order valence-electron chi connectivity index (χ0n) is 14.3. The normalized spacial score (nSPS) is 22.2. The first-order chi connectivity index (χ1) is 10.6. The number of rotatable bonds is 1. The Morgan fingerprint density at radius 2 is 1.70 bits per heavy atom. The fourth-order valence-electron chi connectivity index (χ4n) is 2.95. The molecule has 0 N–H and O–H groups in total. The van der Waals surface area contributed by atoms with Gasteiger partial charge in [-0.3, -0.25) is 0 Å². The number of carbonyl (C=O) groups excluding carboxylic acids is 1. The van der Waals surface area contributed by atoms with E-state index in [1.807, 2.05) is 39.5 Å². The molecule has 0 radical (unpaired) electrons. The van der Waals surface area contributed by atoms with Crippen LogP contribution in [-0.4, -0.2) is 41.8 Å². The lowest BCUT2D eigenvalue weighted by Gasteiger charge is -2.45. The van der Waals surface area contributed by atoms with Crippen LogP contribution in [0.2, 0.25) is 0 Å². The topological polar surface area (TPSA) is 32.8 Å². The van der Waals surface area contributed by atoms with Crippen molar-refractivity contribution in [2.45, 2.75) is 52.3 Å². The summed E-state index contributed by atoms with van der Waals surface area (Å²) in [6.07, 6.45) is -0.346. The molecule has 1 aromatic rings. The van der Waals surface area contributed by atoms with Crippen LogP contribution in [0.3, 0.4) is 0 Å². The molecule has 0 bridgehead atoms. The van der Waals surface area contributed by atoms with Gasteiger partial charge in [0.1, 0.15) is 5.60 Å². The lowest BCUT2D eigenvalue weighted by molar-refractivity contribution is 0.0193. The molecule has 6 heteroatoms. The van der Waals surface area contributed by atoms with Crippen molar-refractivity contribution >= 4 is 11.8 Å². The summed E-state index contributed by atoms with van der Waals surface area (Å²) < 4.78 is 32.0. The van der Waals surface area contributed by atoms with Crippen LogP contribution in [0.15, 0.2) is 18.2 Å². The van der Waals surface area contributed by atoms with Gasteiger partial charge in [0.2, 0.25) is 0 Å². The Labute approximate surface area is 136 Å². The summed E-state index contributed by atoms with van der Waals surface area (Å²) in [6, 6.07) is 3.83. The summed E-state index contributed by atoms with van der Waals surface area (Å²) in [5, 5.41) is 0. The van der Waals surface area contributed by atoms with Crippen molar-refractivity contribution in [1.29, 1.82) is 0 Å². The van der Waals surface area contributed by atoms with Gasteiger partial charge in [0, 0.05) is 36.9 Å². The van der Waals surface area contributed by atoms with Crippen molar-refractivity contribution < 1.29 is 18.3 Å². The molecule has 23 heavy (non-hydrogen) atoms. The molecule has 2 atom stereocenters. The van der Waals surface area contributed by atoms with Crippen molar-refractivity contribution in [3.05, 3.63) is 29.8 Å². The SMILES string of the molecule is C[C@@H]1CN(C(=O)OC(C)(C)C)C[C@H](C)N1c1ccc(F)c(F)c1. The van der Waals surface area contributed by atoms with Gasteiger partial charge >= 0.3 is 6.09 Å². The molecule has 1 fully saturated rings. The largest absolute Gasteiger partial charge is 0.444 e. The molecule has 2 rings (SSSR count). The first-order valence-corrected chi connectivity index (χ1v) is 7.80. The van der Waals surface area contributed by atoms with Gasteiger partial charge < -0.3 is 14.5 Å². The second kappa shape index (κ2) is 6.34. The van der Waals surface area contributed by atoms with Gasteiger partial charge in [0.05, 0.1) is 0 Å². The maximum atomic E-state index is 13.5. The van der Waals surface area contributed by atoms with Gasteiger partial charge in [-0.25, -0.2) is 13.6 Å². The molecule has 1 saturated heterocycles. The Bertz CT molecular complexity index is 574. The van der Waals surface area contributed by atoms with E-state index >= 15 is 0 Å². The van der Waals surface area contributed by atoms with E-state index in [0.717, 1.165) is 6.07 Å². The molecule has 1 amide bonds. The zero-order valence-corrected chi connectivity index (χ0v) is 14.3. The minimum atomic E-state index is -0.864. The van der Waals surface area contributed by atoms with E-state index in [0.29, 0.717) is 18.8 Å². The number of nitrogens with zero attached hydrogens (tertiary/aromatic N) is 2. The molecule has 0 unspecified atom stereocenters. The summed E-state index contributed by atoms with van der Waals surface area (Å²) in [7, 11) is 0. The highest BCUT2D eigenvalue weighted by atomic mass is 19.2. The fourth-order valence-corrected chi connectivity index (χ4v) is 2.95. The van der Waals surface area contributed by atoms with Crippen LogP contribution in [0.25, 0.3) is 0 Å². The van der Waals surface area contributed by atoms with E-state index in [2.05, 4.69) is 0 Å². The number of hydrogen-bond acceptors (Lipinski definition) is 3. The van der Waals surface area contributed by atoms with Crippen LogP contribution in [0.5, 0.6) is 0 Å². The lowest BCUT2D eigenvalue weighted by Crippen LogP contribution is -2.58. The standard InChI is InChI=1S/C17H24F2N2O2/c1-11-9-20(16(22)23-17(3,4)5)10-12(2)21(11)13-6-7-14(18)15(19)8-13/h6-8,11-12H,9-10H2,1-5H3/t11-,12+. The molecule has 1 aliphatic rings. The van der Waals surface area contributed by atoms with E-state index in [9.17, 15) is 13.6 Å². The summed E-state index contributed by atoms with van der Waals surface area (Å²) in [5.41, 5.74) is 0.0774. The second-order valence-corrected chi connectivity index (χ2v) is 7.09. The summed E-state index contributed by atoms with van der Waals surface area (Å²) in [4.78, 5) is 15.9. The summed E-state index contributed by atoms with van der Waals surface area (Å²) >= 11 is 0. The van der Waals surface area contributed by atoms with Crippen LogP contribution >= 0.6 is 0 Å². The molecule has 0 saturated carbocycles. The molecular formula is C17H24F2N2O2. The van der Waals surface area contributed by atoms with Gasteiger partial charge in [0.15, 0.2) is 11.6 Å². The monoisotopic (exact) mass is 326 g/mol. The maximum absolute atomic E-state index is 13.5. The Balaban J connectivity index is 2.13. The van der Waals surface area contributed by atoms with Crippen molar-refractivity contribution in [1.82, 2.24) is 4.90 Å². The number of benzene rings is 1. The Kier molecular flexibility index (Phi) is 4.82. The third-order valence-corrected chi connectivity index (χ3v) is 3.77. The fraction of sp³-hybridized carbons (Fsp3) is 0.588. The molecule has 1 heterocycles. The minimum Gasteiger partial charge on any atom is -0.444 e. The highest BCUT2D eigenvalue weighted by Crippen LogP contribution is 2.27. The number of halogens is 2. The average molecular weight is 326 g/mol. The molecule has 128 valence electrons. The predicted molar refractivity (Wildman–Crippen MR) is 85.6 cm³/mol. The van der Waals surface area contributed by atoms with Crippen molar-refractivity contribution in [3.63, 3.8) is 0 Å². The number of carbonyl (C=O) groups is 1. The minimum absolute atomic E-state index is 0.0314. The van der Waals surface area contributed by atoms with Crippen LogP contribution < -0.4 is 4.90 Å². The third-order valence-electron chi connectivity index (χ3n) is 3.77. The smallest absolute Gasteiger partial charge is 0.410 e. The quantitative estimate of drug-likeness (QED) is 0.787. The highest BCUT2D eigenvalue weighted by Gasteiger charge is 2.34. The van der Waals surface area contributed by atoms with Crippen LogP contribution in [0.4, 0.5) is 19.3 Å². The van der Waals surface area contributed by atoms with Gasteiger partial charge in [-0.2, -0.15) is 0 Å². The molecule has 4 nitrogen and oxygen atoms in total. The highest BCUT2D eigenvalue weighted by molar-refractivity contribution is 5.69. The number of piperazine rings is 1. The zero-order chi connectivity index (χ0) is 17.4. The van der Waals surface area contributed by atoms with E-state index in [4.69, 9.17) is 4.74 Å². The molecular weight excluding hydrogens is 302 g/mol. The Hall–Kier alpha value is -1.85. The average Bonchev–Trinajstić information content (AvgIpc) is 2.40. The molecule has 1 aromatic carbocycles. The number of amides is 1. The summed E-state index contributed by atoms with van der Waals surface area (Å²) in [6.45, 7) is 10.3. The first-order valence-electron chi connectivity index (χ1n) is 7.80. The molecule has 0 spiro atoms. The first kappa shape index (κ1) is 17.5. The molecule has 1 aliphatic heterocycles. The maximum Gasteiger partial charge on any atom is 0.410 e. The van der Waals surface area contributed by atoms with E-state index < -0.39 is 17.2 Å². The Morgan fingerprint density at radius 3 is 2.17 bits per heavy atom. The number of anilines is 1. The van der Waals surface area contributed by atoms with Crippen molar-refractivity contribution in [2.24, 2.45) is 0 Å². The van der Waals surface area contributed by atoms with Crippen molar-refractivity contribution in [2.75, 3.05) is 18.0 Å². The van der Waals surface area contributed by atoms with Crippen LogP contribution in [0.1, 0.15) is 34.6 Å². The van der Waals surface area contributed by atoms with Gasteiger partial charge in [0.25, 0.3) is 0 Å². The molecule has 0 aromatic heterocycles. The van der Waals surface area contributed by atoms with Gasteiger partial charge in [-0.15, -0.1) is 0 Å². The number of ether oxygens (including phenoxy) is 1. The van der Waals surface area contributed by atoms with E-state index in [1.165, 1.54) is 6.07 Å². The van der Waals surface area contributed by atoms with E-state index in [1.54, 1.807) is 11.0 Å².